The van der Waals surface area contributed by atoms with E-state index in [0.717, 1.165) is 18.6 Å². The van der Waals surface area contributed by atoms with Crippen LogP contribution in [0.25, 0.3) is 21.5 Å². The Balaban J connectivity index is 1.51. The largest absolute Gasteiger partial charge is 0.328 e. The molecule has 3 aromatic rings. The summed E-state index contributed by atoms with van der Waals surface area (Å²) in [5.41, 5.74) is -3.52. The van der Waals surface area contributed by atoms with E-state index in [9.17, 15) is 27.2 Å². The number of nitrogens with zero attached hydrogens (tertiary/aromatic N) is 1. The maximum Gasteiger partial charge on any atom is 0.328 e. The Bertz CT molecular complexity index is 1680. The number of rotatable bonds is 4. The standard InChI is InChI=1S/C25H22FNO6S/c1-23(2)19-12-20(28)24(9-10-25(19,23)24)13-34(31,32)33-27-21(29)16-6-4-3-5-15(16)18-11-14(26)7-8-17(18)22(27)30/h3-8,11,19H,9-10,12-13H2,1-2H3. The Hall–Kier alpha value is -3.07. The number of halogens is 1. The number of ketones is 1. The zero-order valence-corrected chi connectivity index (χ0v) is 19.4. The van der Waals surface area contributed by atoms with Crippen molar-refractivity contribution in [2.45, 2.75) is 33.1 Å². The molecule has 0 N–H and O–H groups in total. The van der Waals surface area contributed by atoms with Crippen molar-refractivity contribution in [1.29, 1.82) is 0 Å². The second-order valence-corrected chi connectivity index (χ2v) is 11.9. The maximum atomic E-state index is 14.0. The van der Waals surface area contributed by atoms with Gasteiger partial charge in [-0.15, -0.1) is 0 Å². The molecule has 3 unspecified atom stereocenters. The molecule has 0 saturated heterocycles. The van der Waals surface area contributed by atoms with Crippen molar-refractivity contribution in [3.05, 3.63) is 69.0 Å². The minimum atomic E-state index is -4.51. The third-order valence-corrected chi connectivity index (χ3v) is 10.1. The lowest BCUT2D eigenvalue weighted by Crippen LogP contribution is -2.54. The molecule has 3 aliphatic rings. The summed E-state index contributed by atoms with van der Waals surface area (Å²) < 4.78 is 45.9. The van der Waals surface area contributed by atoms with E-state index in [-0.39, 0.29) is 43.4 Å². The smallest absolute Gasteiger partial charge is 0.299 e. The normalized spacial score (nSPS) is 28.9. The van der Waals surface area contributed by atoms with Gasteiger partial charge in [-0.2, -0.15) is 8.42 Å². The van der Waals surface area contributed by atoms with E-state index < -0.39 is 38.2 Å². The van der Waals surface area contributed by atoms with Gasteiger partial charge in [0.15, 0.2) is 0 Å². The quantitative estimate of drug-likeness (QED) is 0.566. The van der Waals surface area contributed by atoms with Gasteiger partial charge >= 0.3 is 10.1 Å². The van der Waals surface area contributed by atoms with Crippen molar-refractivity contribution >= 4 is 37.4 Å². The number of benzene rings is 2. The minimum Gasteiger partial charge on any atom is -0.299 e. The summed E-state index contributed by atoms with van der Waals surface area (Å²) in [5.74, 6) is -1.12. The summed E-state index contributed by atoms with van der Waals surface area (Å²) in [6.07, 6.45) is 1.57. The molecule has 1 heterocycles. The molecule has 0 bridgehead atoms. The fourth-order valence-corrected chi connectivity index (χ4v) is 8.82. The van der Waals surface area contributed by atoms with Crippen LogP contribution in [0.5, 0.6) is 0 Å². The highest BCUT2D eigenvalue weighted by Gasteiger charge is 2.88. The Morgan fingerprint density at radius 1 is 0.971 bits per heavy atom. The molecule has 3 aliphatic carbocycles. The highest BCUT2D eigenvalue weighted by molar-refractivity contribution is 7.86. The van der Waals surface area contributed by atoms with Gasteiger partial charge in [-0.1, -0.05) is 36.8 Å². The van der Waals surface area contributed by atoms with E-state index in [4.69, 9.17) is 4.28 Å². The third-order valence-electron chi connectivity index (χ3n) is 8.90. The first-order valence-corrected chi connectivity index (χ1v) is 12.8. The second kappa shape index (κ2) is 6.33. The SMILES string of the molecule is CC1(C)C2CC(=O)C3(CS(=O)(=O)On4c(=O)c5ccccc5c5cc(F)ccc5c4=O)CCC231. The zero-order chi connectivity index (χ0) is 24.3. The van der Waals surface area contributed by atoms with E-state index in [1.807, 2.05) is 0 Å². The van der Waals surface area contributed by atoms with Gasteiger partial charge in [0, 0.05) is 6.42 Å². The molecule has 3 atom stereocenters. The monoisotopic (exact) mass is 483 g/mol. The molecule has 9 heteroatoms. The van der Waals surface area contributed by atoms with E-state index in [1.54, 1.807) is 18.2 Å². The Labute approximate surface area is 194 Å². The summed E-state index contributed by atoms with van der Waals surface area (Å²) in [5, 5.41) is 0.411. The summed E-state index contributed by atoms with van der Waals surface area (Å²) in [4.78, 5) is 39.4. The third kappa shape index (κ3) is 2.40. The first-order chi connectivity index (χ1) is 16.0. The van der Waals surface area contributed by atoms with Crippen LogP contribution in [0.2, 0.25) is 0 Å². The first-order valence-electron chi connectivity index (χ1n) is 11.2. The van der Waals surface area contributed by atoms with E-state index >= 15 is 0 Å². The molecule has 176 valence electrons. The average Bonchev–Trinajstić information content (AvgIpc) is 3.25. The summed E-state index contributed by atoms with van der Waals surface area (Å²) in [6.45, 7) is 4.11. The van der Waals surface area contributed by atoms with Crippen LogP contribution in [-0.2, 0) is 14.9 Å². The predicted octanol–water partition coefficient (Wildman–Crippen LogP) is 2.81. The van der Waals surface area contributed by atoms with E-state index in [2.05, 4.69) is 13.8 Å². The Kier molecular flexibility index (Phi) is 3.99. The zero-order valence-electron chi connectivity index (χ0n) is 18.6. The van der Waals surface area contributed by atoms with Gasteiger partial charge in [0.2, 0.25) is 0 Å². The van der Waals surface area contributed by atoms with Crippen LogP contribution in [0.15, 0.2) is 52.1 Å². The number of aromatic nitrogens is 1. The van der Waals surface area contributed by atoms with Crippen LogP contribution >= 0.6 is 0 Å². The molecule has 1 spiro atoms. The molecular weight excluding hydrogens is 461 g/mol. The lowest BCUT2D eigenvalue weighted by Gasteiger charge is -2.49. The van der Waals surface area contributed by atoms with E-state index in [0.29, 0.717) is 18.2 Å². The van der Waals surface area contributed by atoms with Crippen LogP contribution in [0.4, 0.5) is 4.39 Å². The van der Waals surface area contributed by atoms with Crippen molar-refractivity contribution in [2.24, 2.45) is 22.2 Å². The van der Waals surface area contributed by atoms with Crippen molar-refractivity contribution < 1.29 is 21.9 Å². The average molecular weight is 484 g/mol. The Morgan fingerprint density at radius 3 is 2.26 bits per heavy atom. The molecular formula is C25H22FNO6S. The molecule has 0 radical (unpaired) electrons. The van der Waals surface area contributed by atoms with Gasteiger partial charge in [0.05, 0.1) is 16.2 Å². The number of hydrogen-bond acceptors (Lipinski definition) is 6. The summed E-state index contributed by atoms with van der Waals surface area (Å²) in [6, 6.07) is 9.55. The first kappa shape index (κ1) is 21.5. The molecule has 0 aliphatic heterocycles. The molecule has 0 amide bonds. The molecule has 7 nitrogen and oxygen atoms in total. The van der Waals surface area contributed by atoms with Crippen LogP contribution in [-0.4, -0.2) is 24.7 Å². The highest BCUT2D eigenvalue weighted by Crippen LogP contribution is 2.89. The number of carbonyl (C=O) groups is 1. The van der Waals surface area contributed by atoms with Crippen molar-refractivity contribution in [1.82, 2.24) is 4.73 Å². The lowest BCUT2D eigenvalue weighted by atomic mass is 9.55. The predicted molar refractivity (Wildman–Crippen MR) is 123 cm³/mol. The van der Waals surface area contributed by atoms with Gasteiger partial charge < -0.3 is 0 Å². The fourth-order valence-electron chi connectivity index (χ4n) is 7.24. The fraction of sp³-hybridized carbons (Fsp3) is 0.400. The highest BCUT2D eigenvalue weighted by atomic mass is 32.2. The molecule has 2 aromatic carbocycles. The summed E-state index contributed by atoms with van der Waals surface area (Å²) in [7, 11) is -4.51. The second-order valence-electron chi connectivity index (χ2n) is 10.4. The van der Waals surface area contributed by atoms with E-state index in [1.165, 1.54) is 12.1 Å². The Morgan fingerprint density at radius 2 is 1.62 bits per heavy atom. The van der Waals surface area contributed by atoms with Crippen LogP contribution < -0.4 is 15.4 Å². The summed E-state index contributed by atoms with van der Waals surface area (Å²) >= 11 is 0. The van der Waals surface area contributed by atoms with Gasteiger partial charge in [0.1, 0.15) is 17.4 Å². The lowest BCUT2D eigenvalue weighted by molar-refractivity contribution is -0.137. The maximum absolute atomic E-state index is 14.0. The molecule has 34 heavy (non-hydrogen) atoms. The molecule has 6 rings (SSSR count). The van der Waals surface area contributed by atoms with Crippen LogP contribution in [0, 0.1) is 28.0 Å². The van der Waals surface area contributed by atoms with Crippen molar-refractivity contribution in [3.8, 4) is 0 Å². The van der Waals surface area contributed by atoms with Crippen molar-refractivity contribution in [3.63, 3.8) is 0 Å². The van der Waals surface area contributed by atoms with Crippen molar-refractivity contribution in [2.75, 3.05) is 5.75 Å². The number of hydrogen-bond donors (Lipinski definition) is 0. The number of fused-ring (bicyclic) bond motifs is 3. The van der Waals surface area contributed by atoms with Gasteiger partial charge in [-0.25, -0.2) is 4.39 Å². The van der Waals surface area contributed by atoms with Crippen LogP contribution in [0.3, 0.4) is 0 Å². The van der Waals surface area contributed by atoms with Gasteiger partial charge in [0.25, 0.3) is 11.1 Å². The molecule has 3 fully saturated rings. The number of Topliss-reactive ketones (excluding diaryl/α,β-unsaturated/α-hetero) is 1. The topological polar surface area (TPSA) is 99.5 Å². The molecule has 3 saturated carbocycles. The minimum absolute atomic E-state index is 0.00834. The van der Waals surface area contributed by atoms with Gasteiger partial charge in [-0.3, -0.25) is 18.7 Å². The number of carbonyl (C=O) groups excluding carboxylic acids is 1. The van der Waals surface area contributed by atoms with Gasteiger partial charge in [-0.05, 0) is 64.6 Å². The molecule has 1 aromatic heterocycles. The van der Waals surface area contributed by atoms with Crippen LogP contribution in [0.1, 0.15) is 33.1 Å².